The summed E-state index contributed by atoms with van der Waals surface area (Å²) >= 11 is 7.42. The first-order chi connectivity index (χ1) is 15.1. The van der Waals surface area contributed by atoms with Gasteiger partial charge in [-0.2, -0.15) is 0 Å². The van der Waals surface area contributed by atoms with Crippen LogP contribution in [0.5, 0.6) is 0 Å². The third-order valence-electron chi connectivity index (χ3n) is 4.35. The van der Waals surface area contributed by atoms with E-state index in [9.17, 15) is 9.59 Å². The number of thiazole rings is 1. The minimum Gasteiger partial charge on any atom is -0.464 e. The number of esters is 1. The molecular formula is C20H15ClN6O3S. The number of benzene rings is 2. The molecule has 1 amide bonds. The van der Waals surface area contributed by atoms with Gasteiger partial charge in [0, 0.05) is 10.6 Å². The molecule has 9 nitrogen and oxygen atoms in total. The van der Waals surface area contributed by atoms with E-state index >= 15 is 0 Å². The molecule has 156 valence electrons. The quantitative estimate of drug-likeness (QED) is 0.444. The third kappa shape index (κ3) is 4.30. The Hall–Kier alpha value is -3.63. The van der Waals surface area contributed by atoms with Crippen LogP contribution in [-0.4, -0.2) is 44.2 Å². The molecule has 0 saturated carbocycles. The highest BCUT2D eigenvalue weighted by molar-refractivity contribution is 7.19. The number of aromatic nitrogens is 5. The highest BCUT2D eigenvalue weighted by Gasteiger charge is 2.27. The Bertz CT molecular complexity index is 1210. The molecule has 31 heavy (non-hydrogen) atoms. The molecule has 0 fully saturated rings. The van der Waals surface area contributed by atoms with E-state index in [1.807, 2.05) is 18.2 Å². The Morgan fingerprint density at radius 1 is 1.13 bits per heavy atom. The molecular weight excluding hydrogens is 440 g/mol. The molecule has 0 aliphatic carbocycles. The van der Waals surface area contributed by atoms with E-state index in [0.29, 0.717) is 21.0 Å². The lowest BCUT2D eigenvalue weighted by atomic mass is 10.1. The first kappa shape index (κ1) is 20.6. The van der Waals surface area contributed by atoms with E-state index < -0.39 is 17.9 Å². The van der Waals surface area contributed by atoms with Gasteiger partial charge in [-0.3, -0.25) is 10.1 Å². The van der Waals surface area contributed by atoms with Gasteiger partial charge in [0.15, 0.2) is 16.9 Å². The maximum Gasteiger partial charge on any atom is 0.358 e. The second kappa shape index (κ2) is 9.02. The molecule has 4 rings (SSSR count). The second-order valence-corrected chi connectivity index (χ2v) is 7.67. The van der Waals surface area contributed by atoms with Crippen LogP contribution in [0.25, 0.3) is 10.4 Å². The molecule has 0 spiro atoms. The van der Waals surface area contributed by atoms with Crippen molar-refractivity contribution in [3.63, 3.8) is 0 Å². The number of hydrogen-bond donors (Lipinski definition) is 1. The van der Waals surface area contributed by atoms with Crippen molar-refractivity contribution < 1.29 is 14.3 Å². The van der Waals surface area contributed by atoms with Crippen molar-refractivity contribution in [3.05, 3.63) is 77.2 Å². The smallest absolute Gasteiger partial charge is 0.358 e. The molecule has 0 bridgehead atoms. The van der Waals surface area contributed by atoms with Gasteiger partial charge in [0.2, 0.25) is 0 Å². The minimum atomic E-state index is -0.828. The second-order valence-electron chi connectivity index (χ2n) is 6.26. The lowest BCUT2D eigenvalue weighted by Crippen LogP contribution is -2.27. The number of methoxy groups -OCH3 is 1. The summed E-state index contributed by atoms with van der Waals surface area (Å²) in [5.41, 5.74) is 1.36. The minimum absolute atomic E-state index is 0.0644. The number of nitrogens with one attached hydrogen (secondary N) is 1. The number of nitrogens with zero attached hydrogens (tertiary/aromatic N) is 5. The first-order valence-electron chi connectivity index (χ1n) is 9.01. The van der Waals surface area contributed by atoms with E-state index in [1.165, 1.54) is 18.1 Å². The van der Waals surface area contributed by atoms with Crippen molar-refractivity contribution in [2.75, 3.05) is 12.4 Å². The van der Waals surface area contributed by atoms with Crippen LogP contribution in [0, 0.1) is 0 Å². The predicted molar refractivity (Wildman–Crippen MR) is 115 cm³/mol. The van der Waals surface area contributed by atoms with E-state index in [2.05, 4.69) is 25.8 Å². The van der Waals surface area contributed by atoms with E-state index in [0.717, 1.165) is 11.3 Å². The zero-order chi connectivity index (χ0) is 21.8. The Balaban J connectivity index is 1.71. The van der Waals surface area contributed by atoms with Gasteiger partial charge in [-0.15, -0.1) is 5.10 Å². The van der Waals surface area contributed by atoms with Gasteiger partial charge in [0.1, 0.15) is 6.33 Å². The fourth-order valence-corrected chi connectivity index (χ4v) is 4.24. The summed E-state index contributed by atoms with van der Waals surface area (Å²) in [6.45, 7) is 0. The van der Waals surface area contributed by atoms with Gasteiger partial charge in [-0.05, 0) is 22.1 Å². The molecule has 0 aliphatic rings. The van der Waals surface area contributed by atoms with E-state index in [-0.39, 0.29) is 10.8 Å². The SMILES string of the molecule is COC(=O)c1nc(NC(=O)[C@H](c2ccccc2)n2cnnn2)sc1-c1ccccc1Cl. The zero-order valence-electron chi connectivity index (χ0n) is 16.1. The summed E-state index contributed by atoms with van der Waals surface area (Å²) in [4.78, 5) is 30.2. The fraction of sp³-hybridized carbons (Fsp3) is 0.100. The number of amides is 1. The molecule has 2 aromatic heterocycles. The van der Waals surface area contributed by atoms with Crippen molar-refractivity contribution in [2.24, 2.45) is 0 Å². The summed E-state index contributed by atoms with van der Waals surface area (Å²) in [5, 5.41) is 14.5. The zero-order valence-corrected chi connectivity index (χ0v) is 17.7. The Morgan fingerprint density at radius 3 is 2.55 bits per heavy atom. The van der Waals surface area contributed by atoms with Crippen molar-refractivity contribution in [1.29, 1.82) is 0 Å². The maximum atomic E-state index is 13.2. The normalized spacial score (nSPS) is 11.7. The van der Waals surface area contributed by atoms with Crippen LogP contribution in [0.15, 0.2) is 60.9 Å². The third-order valence-corrected chi connectivity index (χ3v) is 5.68. The van der Waals surface area contributed by atoms with Crippen LogP contribution in [0.1, 0.15) is 22.1 Å². The summed E-state index contributed by atoms with van der Waals surface area (Å²) in [7, 11) is 1.26. The summed E-state index contributed by atoms with van der Waals surface area (Å²) in [5.74, 6) is -1.05. The standard InChI is InChI=1S/C20H15ClN6O3S/c1-30-19(29)15-17(13-9-5-6-10-14(13)21)31-20(23-15)24-18(28)16(27-11-22-25-26-27)12-7-3-2-4-8-12/h2-11,16H,1H3,(H,23,24,28)/t16-/m0/s1. The fourth-order valence-electron chi connectivity index (χ4n) is 2.96. The predicted octanol–water partition coefficient (Wildman–Crippen LogP) is 3.46. The number of hydrogen-bond acceptors (Lipinski definition) is 8. The van der Waals surface area contributed by atoms with E-state index in [4.69, 9.17) is 16.3 Å². The maximum absolute atomic E-state index is 13.2. The molecule has 0 saturated heterocycles. The van der Waals surface area contributed by atoms with Gasteiger partial charge in [-0.1, -0.05) is 71.5 Å². The Morgan fingerprint density at radius 2 is 1.87 bits per heavy atom. The van der Waals surface area contributed by atoms with Crippen LogP contribution in [-0.2, 0) is 9.53 Å². The molecule has 2 heterocycles. The molecule has 1 atom stereocenters. The molecule has 0 unspecified atom stereocenters. The number of tetrazole rings is 1. The number of carbonyl (C=O) groups excluding carboxylic acids is 2. The molecule has 2 aromatic carbocycles. The molecule has 11 heteroatoms. The lowest BCUT2D eigenvalue weighted by molar-refractivity contribution is -0.118. The van der Waals surface area contributed by atoms with Crippen LogP contribution in [0.3, 0.4) is 0 Å². The van der Waals surface area contributed by atoms with Crippen molar-refractivity contribution in [1.82, 2.24) is 25.2 Å². The Labute approximate surface area is 185 Å². The summed E-state index contributed by atoms with van der Waals surface area (Å²) in [6.07, 6.45) is 1.36. The monoisotopic (exact) mass is 454 g/mol. The summed E-state index contributed by atoms with van der Waals surface area (Å²) in [6, 6.07) is 15.3. The van der Waals surface area contributed by atoms with E-state index in [1.54, 1.807) is 36.4 Å². The van der Waals surface area contributed by atoms with Crippen molar-refractivity contribution in [2.45, 2.75) is 6.04 Å². The topological polar surface area (TPSA) is 112 Å². The number of carbonyl (C=O) groups is 2. The van der Waals surface area contributed by atoms with Crippen LogP contribution in [0.4, 0.5) is 5.13 Å². The molecule has 0 aliphatic heterocycles. The van der Waals surface area contributed by atoms with Gasteiger partial charge < -0.3 is 4.74 Å². The lowest BCUT2D eigenvalue weighted by Gasteiger charge is -2.15. The largest absolute Gasteiger partial charge is 0.464 e. The Kier molecular flexibility index (Phi) is 6.01. The number of halogens is 1. The van der Waals surface area contributed by atoms with Gasteiger partial charge >= 0.3 is 5.97 Å². The van der Waals surface area contributed by atoms with Gasteiger partial charge in [-0.25, -0.2) is 14.5 Å². The van der Waals surface area contributed by atoms with Crippen LogP contribution in [0.2, 0.25) is 5.02 Å². The number of anilines is 1. The van der Waals surface area contributed by atoms with Crippen molar-refractivity contribution >= 4 is 39.9 Å². The van der Waals surface area contributed by atoms with Crippen LogP contribution < -0.4 is 5.32 Å². The highest BCUT2D eigenvalue weighted by atomic mass is 35.5. The molecule has 4 aromatic rings. The van der Waals surface area contributed by atoms with Crippen LogP contribution >= 0.6 is 22.9 Å². The highest BCUT2D eigenvalue weighted by Crippen LogP contribution is 2.37. The average Bonchev–Trinajstić information content (AvgIpc) is 3.45. The molecule has 0 radical (unpaired) electrons. The van der Waals surface area contributed by atoms with Gasteiger partial charge in [0.05, 0.1) is 12.0 Å². The summed E-state index contributed by atoms with van der Waals surface area (Å²) < 4.78 is 6.19. The number of ether oxygens (including phenoxy) is 1. The average molecular weight is 455 g/mol. The molecule has 1 N–H and O–H groups in total. The number of rotatable bonds is 6. The van der Waals surface area contributed by atoms with Gasteiger partial charge in [0.25, 0.3) is 5.91 Å². The van der Waals surface area contributed by atoms with Crippen molar-refractivity contribution in [3.8, 4) is 10.4 Å². The first-order valence-corrected chi connectivity index (χ1v) is 10.2.